The summed E-state index contributed by atoms with van der Waals surface area (Å²) < 4.78 is 3.62. The van der Waals surface area contributed by atoms with Gasteiger partial charge in [-0.15, -0.1) is 5.10 Å². The van der Waals surface area contributed by atoms with E-state index >= 15 is 0 Å². The number of nitrogen functional groups attached to an aromatic ring is 1. The first kappa shape index (κ1) is 9.76. The molecule has 0 atom stereocenters. The number of aryl methyl sites for hydroxylation is 2. The first-order chi connectivity index (χ1) is 8.34. The van der Waals surface area contributed by atoms with E-state index < -0.39 is 0 Å². The second-order valence-corrected chi connectivity index (χ2v) is 3.63. The van der Waals surface area contributed by atoms with Crippen LogP contribution in [0.1, 0.15) is 0 Å². The molecule has 0 unspecified atom stereocenters. The number of anilines is 1. The Morgan fingerprint density at radius 2 is 2.18 bits per heavy atom. The van der Waals surface area contributed by atoms with Crippen LogP contribution in [0.2, 0.25) is 0 Å². The number of imidazole rings is 1. The van der Waals surface area contributed by atoms with Crippen molar-refractivity contribution in [3.05, 3.63) is 30.7 Å². The second kappa shape index (κ2) is 3.85. The maximum Gasteiger partial charge on any atom is 0.202 e. The van der Waals surface area contributed by atoms with Crippen molar-refractivity contribution < 1.29 is 0 Å². The zero-order chi connectivity index (χ0) is 11.7. The number of rotatable bonds is 3. The van der Waals surface area contributed by atoms with E-state index in [0.717, 1.165) is 11.2 Å². The number of hydrogen-bond donors (Lipinski definition) is 1. The Labute approximate surface area is 96.9 Å². The van der Waals surface area contributed by atoms with Gasteiger partial charge in [-0.2, -0.15) is 0 Å². The molecule has 0 radical (unpaired) electrons. The van der Waals surface area contributed by atoms with E-state index in [1.165, 1.54) is 0 Å². The van der Waals surface area contributed by atoms with Crippen molar-refractivity contribution in [2.24, 2.45) is 0 Å². The van der Waals surface area contributed by atoms with Gasteiger partial charge in [-0.25, -0.2) is 9.97 Å². The van der Waals surface area contributed by atoms with Gasteiger partial charge in [0.25, 0.3) is 0 Å². The van der Waals surface area contributed by atoms with Crippen LogP contribution in [0.25, 0.3) is 11.2 Å². The van der Waals surface area contributed by atoms with Crippen molar-refractivity contribution >= 4 is 17.1 Å². The predicted molar refractivity (Wildman–Crippen MR) is 62.0 cm³/mol. The van der Waals surface area contributed by atoms with Crippen molar-refractivity contribution in [3.8, 4) is 0 Å². The predicted octanol–water partition coefficient (Wildman–Crippen LogP) is 0.305. The monoisotopic (exact) mass is 229 g/mol. The van der Waals surface area contributed by atoms with Crippen LogP contribution in [0.5, 0.6) is 0 Å². The molecule has 3 rings (SSSR count). The number of aromatic nitrogens is 6. The molecule has 2 N–H and O–H groups in total. The van der Waals surface area contributed by atoms with E-state index in [2.05, 4.69) is 20.3 Å². The lowest BCUT2D eigenvalue weighted by atomic mass is 10.4. The Morgan fingerprint density at radius 3 is 3.00 bits per heavy atom. The van der Waals surface area contributed by atoms with E-state index in [0.29, 0.717) is 19.0 Å². The number of pyridine rings is 1. The molecule has 0 aliphatic heterocycles. The van der Waals surface area contributed by atoms with E-state index in [9.17, 15) is 0 Å². The first-order valence-corrected chi connectivity index (χ1v) is 5.25. The standard InChI is InChI=1S/C10H11N7/c11-10-14-8-2-1-3-12-9(8)17(10)7-6-16-5-4-13-15-16/h1-5H,6-7H2,(H2,11,14). The highest BCUT2D eigenvalue weighted by Gasteiger charge is 2.08. The summed E-state index contributed by atoms with van der Waals surface area (Å²) in [7, 11) is 0. The molecule has 86 valence electrons. The van der Waals surface area contributed by atoms with Gasteiger partial charge in [0.1, 0.15) is 5.52 Å². The summed E-state index contributed by atoms with van der Waals surface area (Å²) in [4.78, 5) is 8.52. The molecule has 3 aromatic rings. The molecule has 0 saturated carbocycles. The van der Waals surface area contributed by atoms with Crippen LogP contribution in [0.15, 0.2) is 30.7 Å². The average molecular weight is 229 g/mol. The molecular formula is C10H11N7. The molecule has 17 heavy (non-hydrogen) atoms. The van der Waals surface area contributed by atoms with Crippen LogP contribution in [-0.2, 0) is 13.1 Å². The summed E-state index contributed by atoms with van der Waals surface area (Å²) in [6, 6.07) is 3.74. The van der Waals surface area contributed by atoms with Crippen molar-refractivity contribution in [3.63, 3.8) is 0 Å². The van der Waals surface area contributed by atoms with Crippen LogP contribution in [0.4, 0.5) is 5.95 Å². The summed E-state index contributed by atoms with van der Waals surface area (Å²) in [5, 5.41) is 7.65. The van der Waals surface area contributed by atoms with Gasteiger partial charge in [0.15, 0.2) is 5.65 Å². The molecule has 3 aromatic heterocycles. The SMILES string of the molecule is Nc1nc2cccnc2n1CCn1ccnn1. The maximum absolute atomic E-state index is 5.86. The molecular weight excluding hydrogens is 218 g/mol. The fourth-order valence-electron chi connectivity index (χ4n) is 1.75. The topological polar surface area (TPSA) is 87.4 Å². The molecule has 7 nitrogen and oxygen atoms in total. The van der Waals surface area contributed by atoms with Crippen LogP contribution in [-0.4, -0.2) is 29.5 Å². The number of nitrogens with two attached hydrogens (primary N) is 1. The molecule has 3 heterocycles. The molecule has 0 fully saturated rings. The number of nitrogens with zero attached hydrogens (tertiary/aromatic N) is 6. The quantitative estimate of drug-likeness (QED) is 0.698. The van der Waals surface area contributed by atoms with Crippen LogP contribution in [0.3, 0.4) is 0 Å². The van der Waals surface area contributed by atoms with Gasteiger partial charge in [-0.1, -0.05) is 5.21 Å². The molecule has 0 aliphatic carbocycles. The van der Waals surface area contributed by atoms with Crippen LogP contribution < -0.4 is 5.73 Å². The molecule has 0 saturated heterocycles. The Bertz CT molecular complexity index is 625. The molecule has 0 aromatic carbocycles. The lowest BCUT2D eigenvalue weighted by molar-refractivity contribution is 0.527. The van der Waals surface area contributed by atoms with Crippen molar-refractivity contribution in [2.45, 2.75) is 13.1 Å². The van der Waals surface area contributed by atoms with Crippen LogP contribution >= 0.6 is 0 Å². The molecule has 0 spiro atoms. The summed E-state index contributed by atoms with van der Waals surface area (Å²) in [5.41, 5.74) is 7.46. The average Bonchev–Trinajstić information content (AvgIpc) is 2.93. The first-order valence-electron chi connectivity index (χ1n) is 5.25. The number of hydrogen-bond acceptors (Lipinski definition) is 5. The van der Waals surface area contributed by atoms with Crippen LogP contribution in [0, 0.1) is 0 Å². The fourth-order valence-corrected chi connectivity index (χ4v) is 1.75. The zero-order valence-electron chi connectivity index (χ0n) is 9.06. The van der Waals surface area contributed by atoms with Crippen molar-refractivity contribution in [1.29, 1.82) is 0 Å². The minimum atomic E-state index is 0.471. The summed E-state index contributed by atoms with van der Waals surface area (Å²) >= 11 is 0. The third-order valence-corrected chi connectivity index (χ3v) is 2.56. The van der Waals surface area contributed by atoms with E-state index in [4.69, 9.17) is 5.73 Å². The van der Waals surface area contributed by atoms with E-state index in [1.807, 2.05) is 22.9 Å². The minimum Gasteiger partial charge on any atom is -0.369 e. The Hall–Kier alpha value is -2.44. The fraction of sp³-hybridized carbons (Fsp3) is 0.200. The highest BCUT2D eigenvalue weighted by atomic mass is 15.4. The van der Waals surface area contributed by atoms with E-state index in [1.54, 1.807) is 17.1 Å². The third kappa shape index (κ3) is 1.71. The van der Waals surface area contributed by atoms with E-state index in [-0.39, 0.29) is 0 Å². The third-order valence-electron chi connectivity index (χ3n) is 2.56. The van der Waals surface area contributed by atoms with Gasteiger partial charge in [0.2, 0.25) is 5.95 Å². The van der Waals surface area contributed by atoms with Crippen molar-refractivity contribution in [1.82, 2.24) is 29.5 Å². The Kier molecular flexibility index (Phi) is 2.21. The second-order valence-electron chi connectivity index (χ2n) is 3.63. The molecule has 0 bridgehead atoms. The Balaban J connectivity index is 1.92. The Morgan fingerprint density at radius 1 is 1.24 bits per heavy atom. The largest absolute Gasteiger partial charge is 0.369 e. The maximum atomic E-state index is 5.86. The molecule has 7 heteroatoms. The smallest absolute Gasteiger partial charge is 0.202 e. The van der Waals surface area contributed by atoms with Gasteiger partial charge < -0.3 is 5.73 Å². The van der Waals surface area contributed by atoms with Gasteiger partial charge >= 0.3 is 0 Å². The van der Waals surface area contributed by atoms with Gasteiger partial charge in [0.05, 0.1) is 12.7 Å². The molecule has 0 aliphatic rings. The zero-order valence-corrected chi connectivity index (χ0v) is 9.06. The lowest BCUT2D eigenvalue weighted by Gasteiger charge is -2.04. The number of fused-ring (bicyclic) bond motifs is 1. The van der Waals surface area contributed by atoms with Gasteiger partial charge in [0, 0.05) is 18.9 Å². The van der Waals surface area contributed by atoms with Gasteiger partial charge in [-0.3, -0.25) is 9.25 Å². The van der Waals surface area contributed by atoms with Crippen molar-refractivity contribution in [2.75, 3.05) is 5.73 Å². The molecule has 0 amide bonds. The highest BCUT2D eigenvalue weighted by Crippen LogP contribution is 2.14. The summed E-state index contributed by atoms with van der Waals surface area (Å²) in [6.07, 6.45) is 5.19. The minimum absolute atomic E-state index is 0.471. The normalized spacial score (nSPS) is 11.1. The summed E-state index contributed by atoms with van der Waals surface area (Å²) in [5.74, 6) is 0.471. The summed E-state index contributed by atoms with van der Waals surface area (Å²) in [6.45, 7) is 1.36. The highest BCUT2D eigenvalue weighted by molar-refractivity contribution is 5.73. The van der Waals surface area contributed by atoms with Gasteiger partial charge in [-0.05, 0) is 12.1 Å². The lowest BCUT2D eigenvalue weighted by Crippen LogP contribution is -2.10.